The number of hydrogen-bond donors (Lipinski definition) is 1. The van der Waals surface area contributed by atoms with Gasteiger partial charge in [-0.2, -0.15) is 0 Å². The van der Waals surface area contributed by atoms with Gasteiger partial charge in [0.05, 0.1) is 13.7 Å². The van der Waals surface area contributed by atoms with E-state index in [1.807, 2.05) is 6.92 Å². The van der Waals surface area contributed by atoms with E-state index < -0.39 is 12.0 Å². The Balaban J connectivity index is 3.03. The van der Waals surface area contributed by atoms with E-state index in [2.05, 4.69) is 5.73 Å². The Hall–Kier alpha value is -1.75. The largest absolute Gasteiger partial charge is 0.544 e. The van der Waals surface area contributed by atoms with Crippen molar-refractivity contribution in [1.29, 1.82) is 0 Å². The molecule has 16 heavy (non-hydrogen) atoms. The lowest BCUT2D eigenvalue weighted by Crippen LogP contribution is -2.61. The van der Waals surface area contributed by atoms with E-state index in [1.54, 1.807) is 18.2 Å². The molecule has 5 heteroatoms. The molecule has 1 rings (SSSR count). The van der Waals surface area contributed by atoms with Crippen molar-refractivity contribution in [1.82, 2.24) is 0 Å². The SMILES string of the molecule is CCOc1ccc([C@@H]([NH3+])C(=O)[O-])cc1OC. The van der Waals surface area contributed by atoms with Gasteiger partial charge in [0.25, 0.3) is 0 Å². The van der Waals surface area contributed by atoms with Gasteiger partial charge >= 0.3 is 0 Å². The molecule has 1 aromatic carbocycles. The predicted molar refractivity (Wildman–Crippen MR) is 54.8 cm³/mol. The smallest absolute Gasteiger partial charge is 0.161 e. The second kappa shape index (κ2) is 5.37. The van der Waals surface area contributed by atoms with Gasteiger partial charge in [-0.15, -0.1) is 0 Å². The number of quaternary nitrogens is 1. The maximum absolute atomic E-state index is 10.7. The van der Waals surface area contributed by atoms with Crippen LogP contribution in [0.3, 0.4) is 0 Å². The molecule has 1 aromatic rings. The van der Waals surface area contributed by atoms with Crippen LogP contribution in [0, 0.1) is 0 Å². The number of carboxylic acids is 1. The molecule has 1 atom stereocenters. The molecule has 0 unspecified atom stereocenters. The van der Waals surface area contributed by atoms with E-state index in [0.717, 1.165) is 0 Å². The second-order valence-corrected chi connectivity index (χ2v) is 3.21. The summed E-state index contributed by atoms with van der Waals surface area (Å²) in [5, 5.41) is 10.7. The summed E-state index contributed by atoms with van der Waals surface area (Å²) in [5.74, 6) is -0.139. The van der Waals surface area contributed by atoms with E-state index in [1.165, 1.54) is 7.11 Å². The summed E-state index contributed by atoms with van der Waals surface area (Å²) in [6.07, 6.45) is 0. The zero-order valence-electron chi connectivity index (χ0n) is 9.36. The highest BCUT2D eigenvalue weighted by Gasteiger charge is 2.14. The topological polar surface area (TPSA) is 86.2 Å². The lowest BCUT2D eigenvalue weighted by atomic mass is 10.1. The molecule has 0 spiro atoms. The van der Waals surface area contributed by atoms with Gasteiger partial charge in [0.15, 0.2) is 17.5 Å². The fourth-order valence-electron chi connectivity index (χ4n) is 1.31. The van der Waals surface area contributed by atoms with E-state index in [-0.39, 0.29) is 0 Å². The number of benzene rings is 1. The number of carbonyl (C=O) groups is 1. The summed E-state index contributed by atoms with van der Waals surface area (Å²) in [4.78, 5) is 10.7. The molecule has 0 aliphatic carbocycles. The van der Waals surface area contributed by atoms with Crippen molar-refractivity contribution in [3.63, 3.8) is 0 Å². The van der Waals surface area contributed by atoms with E-state index in [4.69, 9.17) is 9.47 Å². The summed E-state index contributed by atoms with van der Waals surface area (Å²) in [6.45, 7) is 2.38. The Morgan fingerprint density at radius 2 is 2.19 bits per heavy atom. The molecule has 0 aromatic heterocycles. The quantitative estimate of drug-likeness (QED) is 0.705. The van der Waals surface area contributed by atoms with Gasteiger partial charge in [-0.05, 0) is 25.1 Å². The molecule has 0 saturated carbocycles. The van der Waals surface area contributed by atoms with Crippen LogP contribution in [-0.2, 0) is 4.79 Å². The van der Waals surface area contributed by atoms with E-state index in [0.29, 0.717) is 23.7 Å². The lowest BCUT2D eigenvalue weighted by Gasteiger charge is -2.13. The summed E-state index contributed by atoms with van der Waals surface area (Å²) in [5.41, 5.74) is 4.03. The van der Waals surface area contributed by atoms with Gasteiger partial charge in [-0.1, -0.05) is 0 Å². The molecule has 0 bridgehead atoms. The number of ether oxygens (including phenoxy) is 2. The summed E-state index contributed by atoms with van der Waals surface area (Å²) >= 11 is 0. The maximum atomic E-state index is 10.7. The Bertz CT molecular complexity index is 378. The van der Waals surface area contributed by atoms with Gasteiger partial charge in [0.1, 0.15) is 5.97 Å². The van der Waals surface area contributed by atoms with Crippen LogP contribution in [0.1, 0.15) is 18.5 Å². The summed E-state index contributed by atoms with van der Waals surface area (Å²) in [6, 6.07) is 3.99. The molecule has 0 heterocycles. The van der Waals surface area contributed by atoms with Crippen molar-refractivity contribution >= 4 is 5.97 Å². The van der Waals surface area contributed by atoms with Crippen molar-refractivity contribution in [2.45, 2.75) is 13.0 Å². The van der Waals surface area contributed by atoms with Gasteiger partial charge < -0.3 is 25.1 Å². The van der Waals surface area contributed by atoms with Crippen LogP contribution in [0.15, 0.2) is 18.2 Å². The number of methoxy groups -OCH3 is 1. The third kappa shape index (κ3) is 2.64. The zero-order chi connectivity index (χ0) is 12.1. The molecule has 5 nitrogen and oxygen atoms in total. The van der Waals surface area contributed by atoms with Gasteiger partial charge in [0, 0.05) is 5.56 Å². The molecule has 3 N–H and O–H groups in total. The van der Waals surface area contributed by atoms with Crippen LogP contribution >= 0.6 is 0 Å². The number of rotatable bonds is 5. The van der Waals surface area contributed by atoms with Gasteiger partial charge in [-0.25, -0.2) is 0 Å². The standard InChI is InChI=1S/C11H15NO4/c1-3-16-8-5-4-7(6-9(8)15-2)10(12)11(13)14/h4-6,10H,3,12H2,1-2H3,(H,13,14)/t10-/m1/s1. The molecule has 0 aliphatic rings. The van der Waals surface area contributed by atoms with Gasteiger partial charge in [0.2, 0.25) is 0 Å². The van der Waals surface area contributed by atoms with Crippen LogP contribution < -0.4 is 20.3 Å². The van der Waals surface area contributed by atoms with Crippen LogP contribution in [-0.4, -0.2) is 19.7 Å². The lowest BCUT2D eigenvalue weighted by molar-refractivity contribution is -0.443. The number of hydrogen-bond acceptors (Lipinski definition) is 4. The molecule has 0 amide bonds. The first-order valence-corrected chi connectivity index (χ1v) is 4.94. The second-order valence-electron chi connectivity index (χ2n) is 3.21. The third-order valence-electron chi connectivity index (χ3n) is 2.17. The minimum absolute atomic E-state index is 0.495. The molecular weight excluding hydrogens is 210 g/mol. The summed E-state index contributed by atoms with van der Waals surface area (Å²) < 4.78 is 10.4. The molecule has 0 saturated heterocycles. The Labute approximate surface area is 93.8 Å². The highest BCUT2D eigenvalue weighted by molar-refractivity contribution is 5.72. The van der Waals surface area contributed by atoms with Crippen molar-refractivity contribution in [3.8, 4) is 11.5 Å². The Morgan fingerprint density at radius 3 is 2.69 bits per heavy atom. The number of carbonyl (C=O) groups excluding carboxylic acids is 1. The fourth-order valence-corrected chi connectivity index (χ4v) is 1.31. The molecule has 0 aliphatic heterocycles. The van der Waals surface area contributed by atoms with Crippen molar-refractivity contribution in [2.24, 2.45) is 0 Å². The van der Waals surface area contributed by atoms with Crippen LogP contribution in [0.25, 0.3) is 0 Å². The minimum atomic E-state index is -1.22. The molecular formula is C11H15NO4. The van der Waals surface area contributed by atoms with E-state index >= 15 is 0 Å². The van der Waals surface area contributed by atoms with Crippen LogP contribution in [0.2, 0.25) is 0 Å². The van der Waals surface area contributed by atoms with Crippen molar-refractivity contribution in [3.05, 3.63) is 23.8 Å². The zero-order valence-corrected chi connectivity index (χ0v) is 9.36. The molecule has 0 fully saturated rings. The Morgan fingerprint density at radius 1 is 1.50 bits per heavy atom. The summed E-state index contributed by atoms with van der Waals surface area (Å²) in [7, 11) is 1.50. The van der Waals surface area contributed by atoms with Crippen molar-refractivity contribution in [2.75, 3.05) is 13.7 Å². The average Bonchev–Trinajstić information content (AvgIpc) is 2.29. The average molecular weight is 225 g/mol. The van der Waals surface area contributed by atoms with Crippen LogP contribution in [0.5, 0.6) is 11.5 Å². The van der Waals surface area contributed by atoms with Crippen molar-refractivity contribution < 1.29 is 25.1 Å². The monoisotopic (exact) mass is 225 g/mol. The van der Waals surface area contributed by atoms with E-state index in [9.17, 15) is 9.90 Å². The molecule has 0 radical (unpaired) electrons. The fraction of sp³-hybridized carbons (Fsp3) is 0.364. The van der Waals surface area contributed by atoms with Crippen LogP contribution in [0.4, 0.5) is 0 Å². The predicted octanol–water partition coefficient (Wildman–Crippen LogP) is -0.873. The minimum Gasteiger partial charge on any atom is -0.544 e. The highest BCUT2D eigenvalue weighted by Crippen LogP contribution is 2.29. The Kier molecular flexibility index (Phi) is 4.13. The number of aliphatic carboxylic acids is 1. The third-order valence-corrected chi connectivity index (χ3v) is 2.17. The maximum Gasteiger partial charge on any atom is 0.161 e. The normalized spacial score (nSPS) is 11.9. The van der Waals surface area contributed by atoms with Gasteiger partial charge in [-0.3, -0.25) is 0 Å². The first-order chi connectivity index (χ1) is 7.60. The number of carboxylic acid groups (broad SMARTS) is 1. The highest BCUT2D eigenvalue weighted by atomic mass is 16.5. The first-order valence-electron chi connectivity index (χ1n) is 4.94. The molecule has 88 valence electrons. The first kappa shape index (κ1) is 12.3.